The zero-order valence-corrected chi connectivity index (χ0v) is 13.2. The van der Waals surface area contributed by atoms with E-state index in [2.05, 4.69) is 5.32 Å². The quantitative estimate of drug-likeness (QED) is 0.814. The van der Waals surface area contributed by atoms with E-state index in [1.54, 1.807) is 24.3 Å². The Bertz CT molecular complexity index is 647. The molecule has 0 heterocycles. The Morgan fingerprint density at radius 3 is 2.48 bits per heavy atom. The molecule has 110 valence electrons. The molecule has 3 nitrogen and oxygen atoms in total. The van der Waals surface area contributed by atoms with Crippen LogP contribution in [-0.2, 0) is 0 Å². The van der Waals surface area contributed by atoms with Crippen molar-refractivity contribution in [3.05, 3.63) is 63.1 Å². The lowest BCUT2D eigenvalue weighted by atomic mass is 10.2. The smallest absolute Gasteiger partial charge is 0.251 e. The summed E-state index contributed by atoms with van der Waals surface area (Å²) >= 11 is 17.6. The fraction of sp³-hybridized carbons (Fsp3) is 0.133. The zero-order valence-electron chi connectivity index (χ0n) is 10.9. The third-order valence-corrected chi connectivity index (χ3v) is 3.71. The Kier molecular flexibility index (Phi) is 5.74. The molecule has 1 N–H and O–H groups in total. The lowest BCUT2D eigenvalue weighted by Gasteiger charge is -2.09. The van der Waals surface area contributed by atoms with Crippen LogP contribution >= 0.6 is 34.8 Å². The Morgan fingerprint density at radius 1 is 1.00 bits per heavy atom. The summed E-state index contributed by atoms with van der Waals surface area (Å²) in [6.45, 7) is 0.668. The summed E-state index contributed by atoms with van der Waals surface area (Å²) in [6.07, 6.45) is 0. The molecule has 0 atom stereocenters. The van der Waals surface area contributed by atoms with Crippen LogP contribution in [0.3, 0.4) is 0 Å². The molecule has 0 fully saturated rings. The van der Waals surface area contributed by atoms with Gasteiger partial charge in [-0.15, -0.1) is 0 Å². The molecule has 21 heavy (non-hydrogen) atoms. The highest BCUT2D eigenvalue weighted by atomic mass is 35.5. The van der Waals surface area contributed by atoms with E-state index in [9.17, 15) is 4.79 Å². The van der Waals surface area contributed by atoms with Crippen LogP contribution in [0.1, 0.15) is 10.4 Å². The van der Waals surface area contributed by atoms with Gasteiger partial charge in [0.25, 0.3) is 5.91 Å². The van der Waals surface area contributed by atoms with Crippen molar-refractivity contribution in [2.24, 2.45) is 0 Å². The van der Waals surface area contributed by atoms with Crippen LogP contribution in [-0.4, -0.2) is 19.1 Å². The highest BCUT2D eigenvalue weighted by Crippen LogP contribution is 2.23. The van der Waals surface area contributed by atoms with Crippen LogP contribution in [0.25, 0.3) is 0 Å². The minimum atomic E-state index is -0.240. The van der Waals surface area contributed by atoms with Gasteiger partial charge in [0, 0.05) is 5.56 Å². The highest BCUT2D eigenvalue weighted by molar-refractivity contribution is 6.42. The van der Waals surface area contributed by atoms with Gasteiger partial charge in [-0.05, 0) is 30.3 Å². The van der Waals surface area contributed by atoms with Crippen LogP contribution in [0.4, 0.5) is 0 Å². The van der Waals surface area contributed by atoms with E-state index in [4.69, 9.17) is 39.5 Å². The van der Waals surface area contributed by atoms with Crippen molar-refractivity contribution < 1.29 is 9.53 Å². The van der Waals surface area contributed by atoms with Gasteiger partial charge in [-0.25, -0.2) is 0 Å². The largest absolute Gasteiger partial charge is 0.490 e. The van der Waals surface area contributed by atoms with E-state index in [1.807, 2.05) is 12.1 Å². The number of amides is 1. The molecule has 2 aromatic rings. The van der Waals surface area contributed by atoms with Crippen LogP contribution in [0.2, 0.25) is 15.1 Å². The van der Waals surface area contributed by atoms with E-state index in [-0.39, 0.29) is 5.91 Å². The average molecular weight is 345 g/mol. The zero-order chi connectivity index (χ0) is 15.2. The maximum Gasteiger partial charge on any atom is 0.251 e. The molecule has 0 radical (unpaired) electrons. The molecular weight excluding hydrogens is 333 g/mol. The van der Waals surface area contributed by atoms with E-state index < -0.39 is 0 Å². The van der Waals surface area contributed by atoms with E-state index >= 15 is 0 Å². The number of hydrogen-bond donors (Lipinski definition) is 1. The van der Waals surface area contributed by atoms with Gasteiger partial charge in [0.15, 0.2) is 0 Å². The van der Waals surface area contributed by atoms with Gasteiger partial charge in [-0.1, -0.05) is 46.9 Å². The molecule has 0 spiro atoms. The molecule has 0 bridgehead atoms. The van der Waals surface area contributed by atoms with Crippen molar-refractivity contribution in [1.82, 2.24) is 5.32 Å². The first-order valence-corrected chi connectivity index (χ1v) is 7.32. The Hall–Kier alpha value is -1.42. The second kappa shape index (κ2) is 7.55. The van der Waals surface area contributed by atoms with Crippen molar-refractivity contribution in [2.75, 3.05) is 13.2 Å². The number of ether oxygens (including phenoxy) is 1. The molecule has 0 saturated heterocycles. The monoisotopic (exact) mass is 343 g/mol. The predicted octanol–water partition coefficient (Wildman–Crippen LogP) is 4.46. The molecule has 0 aliphatic heterocycles. The molecule has 0 aliphatic carbocycles. The van der Waals surface area contributed by atoms with Gasteiger partial charge < -0.3 is 10.1 Å². The summed E-state index contributed by atoms with van der Waals surface area (Å²) in [5.74, 6) is 0.347. The topological polar surface area (TPSA) is 38.3 Å². The number of carbonyl (C=O) groups is 1. The molecule has 2 aromatic carbocycles. The van der Waals surface area contributed by atoms with Crippen molar-refractivity contribution in [1.29, 1.82) is 0 Å². The minimum absolute atomic E-state index is 0.240. The van der Waals surface area contributed by atoms with Crippen LogP contribution < -0.4 is 10.1 Å². The average Bonchev–Trinajstić information content (AvgIpc) is 2.48. The summed E-state index contributed by atoms with van der Waals surface area (Å²) in [5, 5.41) is 4.02. The third-order valence-electron chi connectivity index (χ3n) is 2.66. The molecule has 2 rings (SSSR count). The van der Waals surface area contributed by atoms with Crippen molar-refractivity contribution in [3.8, 4) is 5.75 Å². The Labute approximate surface area is 137 Å². The van der Waals surface area contributed by atoms with Gasteiger partial charge in [-0.2, -0.15) is 0 Å². The summed E-state index contributed by atoms with van der Waals surface area (Å²) < 4.78 is 5.47. The lowest BCUT2D eigenvalue weighted by molar-refractivity contribution is 0.0947. The van der Waals surface area contributed by atoms with Gasteiger partial charge >= 0.3 is 0 Å². The molecule has 0 aromatic heterocycles. The number of benzene rings is 2. The number of para-hydroxylation sites is 1. The fourth-order valence-corrected chi connectivity index (χ4v) is 2.12. The number of nitrogens with one attached hydrogen (secondary N) is 1. The number of hydrogen-bond acceptors (Lipinski definition) is 2. The molecule has 0 saturated carbocycles. The van der Waals surface area contributed by atoms with Crippen molar-refractivity contribution in [2.45, 2.75) is 0 Å². The second-order valence-corrected chi connectivity index (χ2v) is 5.39. The first-order chi connectivity index (χ1) is 10.1. The standard InChI is InChI=1S/C15H12Cl3NO2/c16-11-6-5-10(9-13(11)18)15(20)19-7-8-21-14-4-2-1-3-12(14)17/h1-6,9H,7-8H2,(H,19,20). The summed E-state index contributed by atoms with van der Waals surface area (Å²) in [5.41, 5.74) is 0.446. The van der Waals surface area contributed by atoms with Gasteiger partial charge in [0.05, 0.1) is 21.6 Å². The molecule has 1 amide bonds. The third kappa shape index (κ3) is 4.53. The fourth-order valence-electron chi connectivity index (χ4n) is 1.63. The Morgan fingerprint density at radius 2 is 1.76 bits per heavy atom. The lowest BCUT2D eigenvalue weighted by Crippen LogP contribution is -2.28. The van der Waals surface area contributed by atoms with Gasteiger partial charge in [-0.3, -0.25) is 4.79 Å². The van der Waals surface area contributed by atoms with Crippen LogP contribution in [0.5, 0.6) is 5.75 Å². The number of halogens is 3. The van der Waals surface area contributed by atoms with E-state index in [0.29, 0.717) is 39.5 Å². The number of rotatable bonds is 5. The summed E-state index contributed by atoms with van der Waals surface area (Å²) in [6, 6.07) is 11.9. The molecule has 6 heteroatoms. The second-order valence-electron chi connectivity index (χ2n) is 4.16. The van der Waals surface area contributed by atoms with Gasteiger partial charge in [0.1, 0.15) is 12.4 Å². The maximum absolute atomic E-state index is 11.9. The SMILES string of the molecule is O=C(NCCOc1ccccc1Cl)c1ccc(Cl)c(Cl)c1. The van der Waals surface area contributed by atoms with Crippen molar-refractivity contribution in [3.63, 3.8) is 0 Å². The number of carbonyl (C=O) groups excluding carboxylic acids is 1. The Balaban J connectivity index is 1.82. The molecular formula is C15H12Cl3NO2. The maximum atomic E-state index is 11.9. The minimum Gasteiger partial charge on any atom is -0.490 e. The highest BCUT2D eigenvalue weighted by Gasteiger charge is 2.07. The predicted molar refractivity (Wildman–Crippen MR) is 85.7 cm³/mol. The molecule has 0 unspecified atom stereocenters. The summed E-state index contributed by atoms with van der Waals surface area (Å²) in [4.78, 5) is 11.9. The van der Waals surface area contributed by atoms with E-state index in [1.165, 1.54) is 6.07 Å². The summed E-state index contributed by atoms with van der Waals surface area (Å²) in [7, 11) is 0. The van der Waals surface area contributed by atoms with Crippen LogP contribution in [0.15, 0.2) is 42.5 Å². The van der Waals surface area contributed by atoms with E-state index in [0.717, 1.165) is 0 Å². The normalized spacial score (nSPS) is 10.2. The first kappa shape index (κ1) is 16.0. The van der Waals surface area contributed by atoms with Crippen molar-refractivity contribution >= 4 is 40.7 Å². The van der Waals surface area contributed by atoms with Gasteiger partial charge in [0.2, 0.25) is 0 Å². The van der Waals surface area contributed by atoms with Crippen LogP contribution in [0, 0.1) is 0 Å². The molecule has 0 aliphatic rings. The first-order valence-electron chi connectivity index (χ1n) is 6.18.